The van der Waals surface area contributed by atoms with E-state index < -0.39 is 0 Å². The van der Waals surface area contributed by atoms with Crippen LogP contribution in [0.25, 0.3) is 0 Å². The molecule has 0 unspecified atom stereocenters. The average molecular weight is 361 g/mol. The smallest absolute Gasteiger partial charge is 0.191 e. The number of thioether (sulfide) groups is 1. The van der Waals surface area contributed by atoms with Crippen LogP contribution in [0.3, 0.4) is 0 Å². The fraction of sp³-hybridized carbons (Fsp3) is 0.176. The van der Waals surface area contributed by atoms with Gasteiger partial charge in [0.15, 0.2) is 5.11 Å². The van der Waals surface area contributed by atoms with Crippen LogP contribution in [0.1, 0.15) is 12.0 Å². The lowest BCUT2D eigenvalue weighted by molar-refractivity contribution is 0.415. The highest BCUT2D eigenvalue weighted by Crippen LogP contribution is 2.30. The first-order valence-corrected chi connectivity index (χ1v) is 8.75. The van der Waals surface area contributed by atoms with Crippen LogP contribution in [-0.2, 0) is 0 Å². The summed E-state index contributed by atoms with van der Waals surface area (Å²) in [5.74, 6) is 1.39. The summed E-state index contributed by atoms with van der Waals surface area (Å²) in [6, 6.07) is 12.2. The molecule has 0 amide bonds. The topological polar surface area (TPSA) is 45.6 Å². The highest BCUT2D eigenvalue weighted by molar-refractivity contribution is 7.99. The Morgan fingerprint density at radius 2 is 2.17 bits per heavy atom. The number of hydrazone groups is 1. The Kier molecular flexibility index (Phi) is 5.32. The van der Waals surface area contributed by atoms with Crippen LogP contribution in [0.5, 0.6) is 5.75 Å². The van der Waals surface area contributed by atoms with Crippen molar-refractivity contribution in [3.05, 3.63) is 53.8 Å². The molecule has 3 rings (SSSR count). The minimum absolute atomic E-state index is 0.263. The molecular weight excluding hydrogens is 345 g/mol. The molecule has 2 aromatic carbocycles. The van der Waals surface area contributed by atoms with E-state index >= 15 is 0 Å². The molecule has 24 heavy (non-hydrogen) atoms. The van der Waals surface area contributed by atoms with Gasteiger partial charge in [-0.25, -0.2) is 4.39 Å². The van der Waals surface area contributed by atoms with E-state index in [4.69, 9.17) is 17.0 Å². The van der Waals surface area contributed by atoms with Crippen molar-refractivity contribution in [2.45, 2.75) is 11.3 Å². The van der Waals surface area contributed by atoms with Crippen LogP contribution in [0, 0.1) is 5.82 Å². The number of ether oxygens (including phenoxy) is 1. The van der Waals surface area contributed by atoms with Crippen LogP contribution >= 0.6 is 24.0 Å². The number of benzene rings is 2. The van der Waals surface area contributed by atoms with E-state index in [1.165, 1.54) is 12.1 Å². The zero-order valence-electron chi connectivity index (χ0n) is 13.0. The normalized spacial score (nSPS) is 14.8. The maximum absolute atomic E-state index is 13.5. The van der Waals surface area contributed by atoms with Gasteiger partial charge < -0.3 is 10.1 Å². The van der Waals surface area contributed by atoms with Gasteiger partial charge in [0.2, 0.25) is 0 Å². The van der Waals surface area contributed by atoms with Crippen molar-refractivity contribution in [2.75, 3.05) is 18.2 Å². The van der Waals surface area contributed by atoms with Gasteiger partial charge >= 0.3 is 0 Å². The van der Waals surface area contributed by atoms with E-state index in [1.807, 2.05) is 24.3 Å². The first kappa shape index (κ1) is 16.7. The summed E-state index contributed by atoms with van der Waals surface area (Å²) < 4.78 is 18.7. The third-order valence-electron chi connectivity index (χ3n) is 3.47. The summed E-state index contributed by atoms with van der Waals surface area (Å²) in [6.45, 7) is 0. The third-order valence-corrected chi connectivity index (χ3v) is 4.74. The molecular formula is C17H16FN3OS2. The quantitative estimate of drug-likeness (QED) is 0.639. The van der Waals surface area contributed by atoms with Gasteiger partial charge in [-0.15, -0.1) is 11.8 Å². The third kappa shape index (κ3) is 4.04. The first-order chi connectivity index (χ1) is 11.7. The van der Waals surface area contributed by atoms with Crippen molar-refractivity contribution >= 4 is 40.5 Å². The largest absolute Gasteiger partial charge is 0.497 e. The van der Waals surface area contributed by atoms with Crippen LogP contribution < -0.4 is 15.5 Å². The molecule has 1 aliphatic heterocycles. The molecule has 0 bridgehead atoms. The minimum Gasteiger partial charge on any atom is -0.497 e. The summed E-state index contributed by atoms with van der Waals surface area (Å²) in [5, 5.41) is 7.77. The molecule has 2 aromatic rings. The van der Waals surface area contributed by atoms with Crippen LogP contribution in [0.2, 0.25) is 0 Å². The first-order valence-electron chi connectivity index (χ1n) is 7.36. The van der Waals surface area contributed by atoms with E-state index in [1.54, 1.807) is 24.9 Å². The second kappa shape index (κ2) is 7.63. The van der Waals surface area contributed by atoms with Crippen LogP contribution in [0.15, 0.2) is 52.5 Å². The molecule has 0 saturated heterocycles. The van der Waals surface area contributed by atoms with Crippen LogP contribution in [0.4, 0.5) is 10.1 Å². The number of hydrogen-bond acceptors (Lipinski definition) is 4. The lowest BCUT2D eigenvalue weighted by Crippen LogP contribution is -2.26. The minimum atomic E-state index is -0.263. The van der Waals surface area contributed by atoms with Crippen molar-refractivity contribution in [2.24, 2.45) is 5.10 Å². The molecule has 0 spiro atoms. The van der Waals surface area contributed by atoms with Crippen molar-refractivity contribution in [3.63, 3.8) is 0 Å². The van der Waals surface area contributed by atoms with E-state index in [-0.39, 0.29) is 5.82 Å². The number of thiocarbonyl (C=S) groups is 1. The Bertz CT molecular complexity index is 795. The second-order valence-corrected chi connectivity index (χ2v) is 6.64. The number of nitrogens with zero attached hydrogens (tertiary/aromatic N) is 1. The van der Waals surface area contributed by atoms with E-state index in [2.05, 4.69) is 15.8 Å². The molecule has 0 saturated carbocycles. The molecule has 124 valence electrons. The van der Waals surface area contributed by atoms with Gasteiger partial charge in [-0.05, 0) is 42.5 Å². The van der Waals surface area contributed by atoms with E-state index in [0.29, 0.717) is 5.11 Å². The zero-order valence-corrected chi connectivity index (χ0v) is 14.6. The summed E-state index contributed by atoms with van der Waals surface area (Å²) in [7, 11) is 1.61. The molecule has 2 N–H and O–H groups in total. The number of anilines is 1. The number of methoxy groups -OCH3 is 1. The van der Waals surface area contributed by atoms with Crippen molar-refractivity contribution in [1.29, 1.82) is 0 Å². The molecule has 0 radical (unpaired) electrons. The van der Waals surface area contributed by atoms with Crippen molar-refractivity contribution < 1.29 is 9.13 Å². The van der Waals surface area contributed by atoms with Gasteiger partial charge in [0.25, 0.3) is 0 Å². The second-order valence-electron chi connectivity index (χ2n) is 5.10. The molecule has 1 heterocycles. The summed E-state index contributed by atoms with van der Waals surface area (Å²) in [4.78, 5) is 1.04. The highest BCUT2D eigenvalue weighted by atomic mass is 32.2. The lowest BCUT2D eigenvalue weighted by atomic mass is 10.1. The summed E-state index contributed by atoms with van der Waals surface area (Å²) >= 11 is 6.96. The van der Waals surface area contributed by atoms with Gasteiger partial charge in [-0.1, -0.05) is 6.07 Å². The molecule has 0 aromatic heterocycles. The van der Waals surface area contributed by atoms with Crippen molar-refractivity contribution in [1.82, 2.24) is 5.43 Å². The lowest BCUT2D eigenvalue weighted by Gasteiger charge is -2.17. The van der Waals surface area contributed by atoms with E-state index in [0.717, 1.165) is 39.8 Å². The predicted octanol–water partition coefficient (Wildman–Crippen LogP) is 4.02. The standard InChI is InChI=1S/C17H16FN3OS2/c1-22-13-4-2-3-12(10-13)19-17(23)21-20-15-7-8-24-16-6-5-11(18)9-14(15)16/h2-6,9-10H,7-8H2,1H3,(H2,19,21,23). The number of nitrogens with one attached hydrogen (secondary N) is 2. The molecule has 0 aliphatic carbocycles. The highest BCUT2D eigenvalue weighted by Gasteiger charge is 2.17. The predicted molar refractivity (Wildman–Crippen MR) is 101 cm³/mol. The van der Waals surface area contributed by atoms with Gasteiger partial charge in [0.1, 0.15) is 11.6 Å². The Hall–Kier alpha value is -2.12. The number of rotatable bonds is 3. The molecule has 7 heteroatoms. The Morgan fingerprint density at radius 3 is 3.00 bits per heavy atom. The molecule has 1 aliphatic rings. The zero-order chi connectivity index (χ0) is 16.9. The fourth-order valence-corrected chi connectivity index (χ4v) is 3.52. The number of fused-ring (bicyclic) bond motifs is 1. The Labute approximate surface area is 149 Å². The monoisotopic (exact) mass is 361 g/mol. The molecule has 0 atom stereocenters. The van der Waals surface area contributed by atoms with Crippen LogP contribution in [-0.4, -0.2) is 23.7 Å². The Morgan fingerprint density at radius 1 is 1.29 bits per heavy atom. The number of halogens is 1. The molecule has 4 nitrogen and oxygen atoms in total. The molecule has 0 fully saturated rings. The van der Waals surface area contributed by atoms with Gasteiger partial charge in [0, 0.05) is 34.4 Å². The van der Waals surface area contributed by atoms with Gasteiger partial charge in [-0.3, -0.25) is 5.43 Å². The maximum atomic E-state index is 13.5. The maximum Gasteiger partial charge on any atom is 0.191 e. The SMILES string of the molecule is COc1cccc(NC(=S)NN=C2CCSc3ccc(F)cc32)c1. The Balaban J connectivity index is 1.70. The summed E-state index contributed by atoms with van der Waals surface area (Å²) in [5.41, 5.74) is 5.26. The number of hydrogen-bond donors (Lipinski definition) is 2. The van der Waals surface area contributed by atoms with Gasteiger partial charge in [-0.2, -0.15) is 5.10 Å². The van der Waals surface area contributed by atoms with Crippen molar-refractivity contribution in [3.8, 4) is 5.75 Å². The van der Waals surface area contributed by atoms with Gasteiger partial charge in [0.05, 0.1) is 12.8 Å². The fourth-order valence-electron chi connectivity index (χ4n) is 2.34. The van der Waals surface area contributed by atoms with E-state index in [9.17, 15) is 4.39 Å². The summed E-state index contributed by atoms with van der Waals surface area (Å²) in [6.07, 6.45) is 0.760. The average Bonchev–Trinajstić information content (AvgIpc) is 2.60.